The Labute approximate surface area is 208 Å². The molecule has 5 nitrogen and oxygen atoms in total. The van der Waals surface area contributed by atoms with E-state index in [2.05, 4.69) is 51.0 Å². The average molecular weight is 568 g/mol. The maximum Gasteiger partial charge on any atom is 0.261 e. The number of amides is 2. The summed E-state index contributed by atoms with van der Waals surface area (Å²) in [5.74, 6) is 0.566. The maximum atomic E-state index is 13.2. The standard InChI is InChI=1S/C25H32Br2N2O3/c1-6-17(4)28-25(31)18(5)29(14-19-8-7-9-21(26)12-19)24(30)15-32-23-11-10-20(16(2)3)13-22(23)27/h7-13,16-18H,6,14-15H2,1-5H3,(H,28,31)/t17-,18+/m0/s1. The van der Waals surface area contributed by atoms with E-state index in [1.54, 1.807) is 11.8 Å². The smallest absolute Gasteiger partial charge is 0.261 e. The first kappa shape index (κ1) is 26.4. The second-order valence-electron chi connectivity index (χ2n) is 8.28. The van der Waals surface area contributed by atoms with Gasteiger partial charge in [0.05, 0.1) is 4.47 Å². The molecule has 2 aromatic carbocycles. The number of ether oxygens (including phenoxy) is 1. The van der Waals surface area contributed by atoms with Crippen molar-refractivity contribution in [1.29, 1.82) is 0 Å². The molecule has 1 N–H and O–H groups in total. The van der Waals surface area contributed by atoms with Crippen LogP contribution in [0.3, 0.4) is 0 Å². The van der Waals surface area contributed by atoms with E-state index in [4.69, 9.17) is 4.74 Å². The summed E-state index contributed by atoms with van der Waals surface area (Å²) >= 11 is 7.00. The van der Waals surface area contributed by atoms with E-state index in [0.29, 0.717) is 18.2 Å². The predicted molar refractivity (Wildman–Crippen MR) is 136 cm³/mol. The molecular weight excluding hydrogens is 536 g/mol. The number of benzene rings is 2. The van der Waals surface area contributed by atoms with Gasteiger partial charge in [0, 0.05) is 17.1 Å². The summed E-state index contributed by atoms with van der Waals surface area (Å²) in [7, 11) is 0. The third-order valence-electron chi connectivity index (χ3n) is 5.38. The van der Waals surface area contributed by atoms with Gasteiger partial charge in [0.1, 0.15) is 11.8 Å². The van der Waals surface area contributed by atoms with E-state index >= 15 is 0 Å². The number of carbonyl (C=O) groups excluding carboxylic acids is 2. The Bertz CT molecular complexity index is 933. The molecule has 0 fully saturated rings. The van der Waals surface area contributed by atoms with E-state index in [1.807, 2.05) is 56.3 Å². The molecule has 0 bridgehead atoms. The Morgan fingerprint density at radius 1 is 1.06 bits per heavy atom. The van der Waals surface area contributed by atoms with Crippen LogP contribution >= 0.6 is 31.9 Å². The molecule has 2 aromatic rings. The van der Waals surface area contributed by atoms with Crippen LogP contribution in [-0.4, -0.2) is 35.4 Å². The Kier molecular flexibility index (Phi) is 10.2. The Hall–Kier alpha value is -1.86. The van der Waals surface area contributed by atoms with Crippen molar-refractivity contribution < 1.29 is 14.3 Å². The zero-order chi connectivity index (χ0) is 23.8. The Morgan fingerprint density at radius 2 is 1.78 bits per heavy atom. The van der Waals surface area contributed by atoms with Gasteiger partial charge in [-0.3, -0.25) is 9.59 Å². The number of hydrogen-bond acceptors (Lipinski definition) is 3. The van der Waals surface area contributed by atoms with Crippen LogP contribution in [0.25, 0.3) is 0 Å². The highest BCUT2D eigenvalue weighted by Crippen LogP contribution is 2.29. The fourth-order valence-corrected chi connectivity index (χ4v) is 4.05. The van der Waals surface area contributed by atoms with E-state index in [9.17, 15) is 9.59 Å². The zero-order valence-corrected chi connectivity index (χ0v) is 22.5. The van der Waals surface area contributed by atoms with E-state index < -0.39 is 6.04 Å². The molecule has 32 heavy (non-hydrogen) atoms. The van der Waals surface area contributed by atoms with Crippen molar-refractivity contribution in [3.63, 3.8) is 0 Å². The molecule has 2 amide bonds. The Morgan fingerprint density at radius 3 is 2.38 bits per heavy atom. The molecule has 7 heteroatoms. The first-order valence-corrected chi connectivity index (χ1v) is 12.5. The van der Waals surface area contributed by atoms with Gasteiger partial charge in [-0.05, 0) is 77.5 Å². The van der Waals surface area contributed by atoms with Gasteiger partial charge in [-0.25, -0.2) is 0 Å². The lowest BCUT2D eigenvalue weighted by molar-refractivity contribution is -0.142. The van der Waals surface area contributed by atoms with E-state index in [0.717, 1.165) is 20.9 Å². The highest BCUT2D eigenvalue weighted by atomic mass is 79.9. The predicted octanol–water partition coefficient (Wildman–Crippen LogP) is 6.05. The zero-order valence-electron chi connectivity index (χ0n) is 19.3. The lowest BCUT2D eigenvalue weighted by atomic mass is 10.0. The molecule has 2 atom stereocenters. The topological polar surface area (TPSA) is 58.6 Å². The van der Waals surface area contributed by atoms with Crippen LogP contribution in [-0.2, 0) is 16.1 Å². The van der Waals surface area contributed by atoms with Crippen molar-refractivity contribution in [1.82, 2.24) is 10.2 Å². The van der Waals surface area contributed by atoms with Crippen LogP contribution < -0.4 is 10.1 Å². The lowest BCUT2D eigenvalue weighted by Crippen LogP contribution is -2.50. The van der Waals surface area contributed by atoms with Crippen LogP contribution in [0.15, 0.2) is 51.4 Å². The third kappa shape index (κ3) is 7.62. The summed E-state index contributed by atoms with van der Waals surface area (Å²) in [5.41, 5.74) is 2.11. The van der Waals surface area contributed by atoms with Gasteiger partial charge in [-0.1, -0.05) is 54.9 Å². The van der Waals surface area contributed by atoms with Crippen molar-refractivity contribution in [2.24, 2.45) is 0 Å². The third-order valence-corrected chi connectivity index (χ3v) is 6.50. The molecule has 0 heterocycles. The molecule has 0 saturated carbocycles. The van der Waals surface area contributed by atoms with Gasteiger partial charge in [0.2, 0.25) is 5.91 Å². The minimum Gasteiger partial charge on any atom is -0.483 e. The molecule has 0 saturated heterocycles. The number of rotatable bonds is 10. The molecule has 0 unspecified atom stereocenters. The van der Waals surface area contributed by atoms with Crippen LogP contribution in [0.4, 0.5) is 0 Å². The normalized spacial score (nSPS) is 12.9. The van der Waals surface area contributed by atoms with Crippen molar-refractivity contribution in [3.05, 3.63) is 62.5 Å². The summed E-state index contributed by atoms with van der Waals surface area (Å²) in [6.45, 7) is 10.1. The monoisotopic (exact) mass is 566 g/mol. The van der Waals surface area contributed by atoms with Crippen molar-refractivity contribution in [2.75, 3.05) is 6.61 Å². The lowest BCUT2D eigenvalue weighted by Gasteiger charge is -2.29. The van der Waals surface area contributed by atoms with Gasteiger partial charge in [0.25, 0.3) is 5.91 Å². The average Bonchev–Trinajstić information content (AvgIpc) is 2.75. The van der Waals surface area contributed by atoms with Crippen molar-refractivity contribution in [3.8, 4) is 5.75 Å². The van der Waals surface area contributed by atoms with Gasteiger partial charge >= 0.3 is 0 Å². The molecule has 174 valence electrons. The van der Waals surface area contributed by atoms with Crippen LogP contribution in [0.2, 0.25) is 0 Å². The molecule has 0 aliphatic rings. The van der Waals surface area contributed by atoms with Crippen LogP contribution in [0.1, 0.15) is 58.1 Å². The maximum absolute atomic E-state index is 13.2. The molecule has 0 spiro atoms. The van der Waals surface area contributed by atoms with Gasteiger partial charge in [-0.15, -0.1) is 0 Å². The first-order valence-electron chi connectivity index (χ1n) is 10.9. The highest BCUT2D eigenvalue weighted by Gasteiger charge is 2.27. The van der Waals surface area contributed by atoms with Crippen molar-refractivity contribution in [2.45, 2.75) is 65.6 Å². The fraction of sp³-hybridized carbons (Fsp3) is 0.440. The quantitative estimate of drug-likeness (QED) is 0.380. The largest absolute Gasteiger partial charge is 0.483 e. The fourth-order valence-electron chi connectivity index (χ4n) is 3.10. The minimum absolute atomic E-state index is 0.0412. The molecule has 0 aliphatic carbocycles. The van der Waals surface area contributed by atoms with E-state index in [1.165, 1.54) is 5.56 Å². The summed E-state index contributed by atoms with van der Waals surface area (Å²) in [6, 6.07) is 13.0. The number of hydrogen-bond donors (Lipinski definition) is 1. The number of nitrogens with zero attached hydrogens (tertiary/aromatic N) is 1. The van der Waals surface area contributed by atoms with Crippen molar-refractivity contribution >= 4 is 43.7 Å². The summed E-state index contributed by atoms with van der Waals surface area (Å²) < 4.78 is 7.55. The molecule has 2 rings (SSSR count). The van der Waals surface area contributed by atoms with Crippen LogP contribution in [0.5, 0.6) is 5.75 Å². The summed E-state index contributed by atoms with van der Waals surface area (Å²) in [5, 5.41) is 2.97. The molecule has 0 radical (unpaired) electrons. The van der Waals surface area contributed by atoms with E-state index in [-0.39, 0.29) is 24.5 Å². The van der Waals surface area contributed by atoms with Gasteiger partial charge in [-0.2, -0.15) is 0 Å². The SMILES string of the molecule is CC[C@H](C)NC(=O)[C@@H](C)N(Cc1cccc(Br)c1)C(=O)COc1ccc(C(C)C)cc1Br. The minimum atomic E-state index is -0.633. The van der Waals surface area contributed by atoms with Gasteiger partial charge in [0.15, 0.2) is 6.61 Å². The molecule has 0 aliphatic heterocycles. The highest BCUT2D eigenvalue weighted by molar-refractivity contribution is 9.10. The first-order chi connectivity index (χ1) is 15.1. The number of carbonyl (C=O) groups is 2. The summed E-state index contributed by atoms with van der Waals surface area (Å²) in [4.78, 5) is 27.5. The van der Waals surface area contributed by atoms with Gasteiger partial charge < -0.3 is 15.0 Å². The van der Waals surface area contributed by atoms with Crippen LogP contribution in [0, 0.1) is 0 Å². The second-order valence-corrected chi connectivity index (χ2v) is 10.0. The summed E-state index contributed by atoms with van der Waals surface area (Å²) in [6.07, 6.45) is 0.821. The number of nitrogens with one attached hydrogen (secondary N) is 1. The second kappa shape index (κ2) is 12.4. The molecular formula is C25H32Br2N2O3. The Balaban J connectivity index is 2.18. The number of halogens is 2. The molecule has 0 aromatic heterocycles.